The molecule has 0 aromatic heterocycles. The van der Waals surface area contributed by atoms with E-state index < -0.39 is 0 Å². The molecule has 0 saturated carbocycles. The van der Waals surface area contributed by atoms with Crippen LogP contribution in [0.3, 0.4) is 0 Å². The molecule has 1 atom stereocenters. The molecule has 84 valence electrons. The lowest BCUT2D eigenvalue weighted by molar-refractivity contribution is 0.1000. The molecule has 0 aliphatic heterocycles. The van der Waals surface area contributed by atoms with Crippen LogP contribution in [-0.4, -0.2) is 29.6 Å². The highest BCUT2D eigenvalue weighted by Crippen LogP contribution is 2.19. The van der Waals surface area contributed by atoms with Gasteiger partial charge in [0.15, 0.2) is 0 Å². The summed E-state index contributed by atoms with van der Waals surface area (Å²) < 4.78 is 0. The van der Waals surface area contributed by atoms with Crippen LogP contribution in [0.25, 0.3) is 0 Å². The normalized spacial score (nSPS) is 14.4. The highest BCUT2D eigenvalue weighted by molar-refractivity contribution is 4.86. The second-order valence-electron chi connectivity index (χ2n) is 4.89. The van der Waals surface area contributed by atoms with E-state index in [1.165, 1.54) is 6.42 Å². The Morgan fingerprint density at radius 2 is 2.00 bits per heavy atom. The molecule has 0 aliphatic carbocycles. The van der Waals surface area contributed by atoms with Gasteiger partial charge in [0, 0.05) is 18.1 Å². The van der Waals surface area contributed by atoms with Crippen LogP contribution in [0, 0.1) is 0 Å². The summed E-state index contributed by atoms with van der Waals surface area (Å²) in [5.74, 6) is 0. The molecule has 2 N–H and O–H groups in total. The van der Waals surface area contributed by atoms with Crippen LogP contribution >= 0.6 is 0 Å². The lowest BCUT2D eigenvalue weighted by atomic mass is 10.0. The van der Waals surface area contributed by atoms with Crippen molar-refractivity contribution in [3.8, 4) is 0 Å². The molecule has 0 heterocycles. The van der Waals surface area contributed by atoms with E-state index in [0.717, 1.165) is 19.5 Å². The van der Waals surface area contributed by atoms with Crippen LogP contribution in [-0.2, 0) is 0 Å². The molecule has 0 fully saturated rings. The van der Waals surface area contributed by atoms with Gasteiger partial charge in [-0.1, -0.05) is 6.08 Å². The van der Waals surface area contributed by atoms with Crippen molar-refractivity contribution in [2.75, 3.05) is 13.1 Å². The minimum atomic E-state index is 0.211. The third kappa shape index (κ3) is 4.77. The predicted octanol–water partition coefficient (Wildman–Crippen LogP) is 2.40. The Morgan fingerprint density at radius 1 is 1.43 bits per heavy atom. The van der Waals surface area contributed by atoms with Crippen molar-refractivity contribution >= 4 is 0 Å². The van der Waals surface area contributed by atoms with Gasteiger partial charge in [0.05, 0.1) is 0 Å². The summed E-state index contributed by atoms with van der Waals surface area (Å²) in [5, 5.41) is 0. The molecule has 0 spiro atoms. The number of nitrogens with zero attached hydrogens (tertiary/aromatic N) is 1. The molecule has 0 bridgehead atoms. The van der Waals surface area contributed by atoms with Gasteiger partial charge in [0.25, 0.3) is 0 Å². The predicted molar refractivity (Wildman–Crippen MR) is 64.4 cm³/mol. The minimum absolute atomic E-state index is 0.211. The second kappa shape index (κ2) is 6.20. The zero-order valence-corrected chi connectivity index (χ0v) is 10.2. The van der Waals surface area contributed by atoms with Crippen LogP contribution in [0.5, 0.6) is 0 Å². The monoisotopic (exact) mass is 198 g/mol. The summed E-state index contributed by atoms with van der Waals surface area (Å²) in [6, 6.07) is 0.580. The van der Waals surface area contributed by atoms with Crippen LogP contribution in [0.4, 0.5) is 0 Å². The maximum absolute atomic E-state index is 5.52. The van der Waals surface area contributed by atoms with E-state index in [1.807, 2.05) is 6.08 Å². The molecule has 0 radical (unpaired) electrons. The van der Waals surface area contributed by atoms with Crippen LogP contribution in [0.15, 0.2) is 12.7 Å². The molecule has 14 heavy (non-hydrogen) atoms. The quantitative estimate of drug-likeness (QED) is 0.664. The van der Waals surface area contributed by atoms with Crippen molar-refractivity contribution in [2.24, 2.45) is 5.73 Å². The molecule has 0 aromatic carbocycles. The zero-order valence-electron chi connectivity index (χ0n) is 10.2. The lowest BCUT2D eigenvalue weighted by Gasteiger charge is -2.39. The Hall–Kier alpha value is -0.340. The first-order valence-electron chi connectivity index (χ1n) is 5.51. The maximum atomic E-state index is 5.52. The van der Waals surface area contributed by atoms with Crippen molar-refractivity contribution in [3.63, 3.8) is 0 Å². The first-order chi connectivity index (χ1) is 6.43. The summed E-state index contributed by atoms with van der Waals surface area (Å²) in [6.07, 6.45) is 4.25. The van der Waals surface area contributed by atoms with Crippen molar-refractivity contribution in [3.05, 3.63) is 12.7 Å². The van der Waals surface area contributed by atoms with E-state index in [4.69, 9.17) is 5.73 Å². The van der Waals surface area contributed by atoms with Gasteiger partial charge in [-0.2, -0.15) is 0 Å². The van der Waals surface area contributed by atoms with Crippen molar-refractivity contribution in [1.29, 1.82) is 0 Å². The molecule has 2 nitrogen and oxygen atoms in total. The van der Waals surface area contributed by atoms with E-state index in [0.29, 0.717) is 6.04 Å². The molecule has 0 saturated heterocycles. The summed E-state index contributed by atoms with van der Waals surface area (Å²) in [4.78, 5) is 2.47. The number of hydrogen-bond acceptors (Lipinski definition) is 2. The average molecular weight is 198 g/mol. The van der Waals surface area contributed by atoms with Crippen molar-refractivity contribution in [1.82, 2.24) is 4.90 Å². The third-order valence-corrected chi connectivity index (χ3v) is 2.55. The molecular weight excluding hydrogens is 172 g/mol. The van der Waals surface area contributed by atoms with E-state index in [-0.39, 0.29) is 5.54 Å². The van der Waals surface area contributed by atoms with E-state index in [2.05, 4.69) is 39.2 Å². The summed E-state index contributed by atoms with van der Waals surface area (Å²) in [5.41, 5.74) is 5.73. The minimum Gasteiger partial charge on any atom is -0.330 e. The van der Waals surface area contributed by atoms with Crippen LogP contribution in [0.2, 0.25) is 0 Å². The van der Waals surface area contributed by atoms with Crippen molar-refractivity contribution in [2.45, 2.75) is 52.1 Å². The molecule has 0 amide bonds. The topological polar surface area (TPSA) is 29.3 Å². The molecule has 0 aromatic rings. The molecule has 0 aliphatic rings. The largest absolute Gasteiger partial charge is 0.330 e. The Kier molecular flexibility index (Phi) is 6.05. The Labute approximate surface area is 89.2 Å². The molecular formula is C12H26N2. The van der Waals surface area contributed by atoms with Gasteiger partial charge in [0.1, 0.15) is 0 Å². The standard InChI is InChI=1S/C12H26N2/c1-6-10-14(12(3,4)5)11(2)8-7-9-13/h6,11H,1,7-10,13H2,2-5H3. The van der Waals surface area contributed by atoms with Crippen LogP contribution < -0.4 is 5.73 Å². The fourth-order valence-corrected chi connectivity index (χ4v) is 1.82. The average Bonchev–Trinajstić information content (AvgIpc) is 2.08. The fraction of sp³-hybridized carbons (Fsp3) is 0.833. The number of hydrogen-bond donors (Lipinski definition) is 1. The zero-order chi connectivity index (χ0) is 11.2. The highest BCUT2D eigenvalue weighted by Gasteiger charge is 2.24. The van der Waals surface area contributed by atoms with Crippen LogP contribution in [0.1, 0.15) is 40.5 Å². The highest BCUT2D eigenvalue weighted by atomic mass is 15.2. The second-order valence-corrected chi connectivity index (χ2v) is 4.89. The van der Waals surface area contributed by atoms with Gasteiger partial charge >= 0.3 is 0 Å². The number of rotatable bonds is 6. The molecule has 0 rings (SSSR count). The van der Waals surface area contributed by atoms with Gasteiger partial charge in [-0.05, 0) is 47.1 Å². The lowest BCUT2D eigenvalue weighted by Crippen LogP contribution is -2.47. The van der Waals surface area contributed by atoms with Gasteiger partial charge < -0.3 is 5.73 Å². The summed E-state index contributed by atoms with van der Waals surface area (Å²) in [6.45, 7) is 14.6. The van der Waals surface area contributed by atoms with Gasteiger partial charge in [0.2, 0.25) is 0 Å². The maximum Gasteiger partial charge on any atom is 0.0168 e. The first kappa shape index (κ1) is 13.7. The first-order valence-corrected chi connectivity index (χ1v) is 5.51. The van der Waals surface area contributed by atoms with Crippen molar-refractivity contribution < 1.29 is 0 Å². The summed E-state index contributed by atoms with van der Waals surface area (Å²) in [7, 11) is 0. The Balaban J connectivity index is 4.25. The molecule has 1 unspecified atom stereocenters. The summed E-state index contributed by atoms with van der Waals surface area (Å²) >= 11 is 0. The van der Waals surface area contributed by atoms with E-state index in [1.54, 1.807) is 0 Å². The molecule has 2 heteroatoms. The fourth-order valence-electron chi connectivity index (χ4n) is 1.82. The van der Waals surface area contributed by atoms with E-state index in [9.17, 15) is 0 Å². The van der Waals surface area contributed by atoms with Gasteiger partial charge in [-0.25, -0.2) is 0 Å². The SMILES string of the molecule is C=CCN(C(C)CCCN)C(C)(C)C. The number of nitrogens with two attached hydrogens (primary N) is 1. The van der Waals surface area contributed by atoms with E-state index >= 15 is 0 Å². The smallest absolute Gasteiger partial charge is 0.0168 e. The Bertz CT molecular complexity index is 158. The van der Waals surface area contributed by atoms with Gasteiger partial charge in [-0.3, -0.25) is 4.90 Å². The Morgan fingerprint density at radius 3 is 2.36 bits per heavy atom. The van der Waals surface area contributed by atoms with Gasteiger partial charge in [-0.15, -0.1) is 6.58 Å². The third-order valence-electron chi connectivity index (χ3n) is 2.55.